The molecule has 0 bridgehead atoms. The number of rotatable bonds is 3. The molecule has 21 heavy (non-hydrogen) atoms. The number of carbonyl (C=O) groups excluding carboxylic acids is 2. The fourth-order valence-electron chi connectivity index (χ4n) is 2.75. The number of carbonyl (C=O) groups is 2. The molecule has 0 saturated carbocycles. The number of aromatic nitrogens is 4. The van der Waals surface area contributed by atoms with Crippen LogP contribution in [0.25, 0.3) is 0 Å². The van der Waals surface area contributed by atoms with Gasteiger partial charge in [-0.05, 0) is 25.0 Å². The van der Waals surface area contributed by atoms with Gasteiger partial charge in [-0.1, -0.05) is 0 Å². The summed E-state index contributed by atoms with van der Waals surface area (Å²) in [7, 11) is 1.76. The van der Waals surface area contributed by atoms with E-state index in [1.54, 1.807) is 34.8 Å². The Hall–Kier alpha value is -2.44. The summed E-state index contributed by atoms with van der Waals surface area (Å²) in [5.74, 6) is -0.00744. The van der Waals surface area contributed by atoms with Crippen molar-refractivity contribution in [3.8, 4) is 0 Å². The van der Waals surface area contributed by atoms with Crippen LogP contribution in [-0.2, 0) is 11.8 Å². The molecule has 7 heteroatoms. The van der Waals surface area contributed by atoms with Crippen LogP contribution in [0.4, 0.5) is 0 Å². The van der Waals surface area contributed by atoms with Crippen molar-refractivity contribution >= 4 is 11.7 Å². The van der Waals surface area contributed by atoms with Crippen LogP contribution < -0.4 is 0 Å². The van der Waals surface area contributed by atoms with Gasteiger partial charge in [-0.15, -0.1) is 0 Å². The number of nitrogens with one attached hydrogen (secondary N) is 1. The standard InChI is InChI=1S/C14H17N5O2/c1-18-6-3-5-11(18)12(20)14(21)19-7-2-4-10(8-19)13-15-9-16-17-13/h3,5-6,9-10H,2,4,7-8H2,1H3,(H,15,16,17). The highest BCUT2D eigenvalue weighted by atomic mass is 16.2. The smallest absolute Gasteiger partial charge is 0.296 e. The second-order valence-corrected chi connectivity index (χ2v) is 5.29. The summed E-state index contributed by atoms with van der Waals surface area (Å²) in [4.78, 5) is 30.4. The first kappa shape index (κ1) is 13.5. The molecule has 1 aliphatic rings. The van der Waals surface area contributed by atoms with E-state index in [1.807, 2.05) is 0 Å². The van der Waals surface area contributed by atoms with Gasteiger partial charge < -0.3 is 9.47 Å². The van der Waals surface area contributed by atoms with Crippen LogP contribution in [0.3, 0.4) is 0 Å². The number of H-pyrrole nitrogens is 1. The lowest BCUT2D eigenvalue weighted by molar-refractivity contribution is -0.127. The van der Waals surface area contributed by atoms with Crippen LogP contribution in [0.5, 0.6) is 0 Å². The Balaban J connectivity index is 1.73. The topological polar surface area (TPSA) is 83.9 Å². The molecule has 1 amide bonds. The number of likely N-dealkylation sites (tertiary alicyclic amines) is 1. The molecule has 7 nitrogen and oxygen atoms in total. The molecule has 3 rings (SSSR count). The summed E-state index contributed by atoms with van der Waals surface area (Å²) in [5, 5.41) is 6.69. The summed E-state index contributed by atoms with van der Waals surface area (Å²) in [6, 6.07) is 3.42. The highest BCUT2D eigenvalue weighted by Gasteiger charge is 2.30. The van der Waals surface area contributed by atoms with Crippen LogP contribution in [0.1, 0.15) is 35.1 Å². The minimum atomic E-state index is -0.458. The van der Waals surface area contributed by atoms with Crippen LogP contribution >= 0.6 is 0 Å². The van der Waals surface area contributed by atoms with Gasteiger partial charge in [-0.25, -0.2) is 4.98 Å². The Morgan fingerprint density at radius 2 is 2.29 bits per heavy atom. The third-order valence-electron chi connectivity index (χ3n) is 3.90. The fourth-order valence-corrected chi connectivity index (χ4v) is 2.75. The van der Waals surface area contributed by atoms with Crippen LogP contribution in [0.2, 0.25) is 0 Å². The van der Waals surface area contributed by atoms with E-state index >= 15 is 0 Å². The first-order chi connectivity index (χ1) is 10.2. The van der Waals surface area contributed by atoms with E-state index in [-0.39, 0.29) is 5.92 Å². The van der Waals surface area contributed by atoms with Gasteiger partial charge in [0.05, 0.1) is 5.69 Å². The lowest BCUT2D eigenvalue weighted by Crippen LogP contribution is -2.43. The molecule has 0 aliphatic carbocycles. The Bertz CT molecular complexity index is 646. The Kier molecular flexibility index (Phi) is 3.55. The van der Waals surface area contributed by atoms with Gasteiger partial charge in [0, 0.05) is 32.3 Å². The van der Waals surface area contributed by atoms with Crippen molar-refractivity contribution in [1.82, 2.24) is 24.6 Å². The minimum Gasteiger partial charge on any atom is -0.348 e. The number of Topliss-reactive ketones (excluding diaryl/α,β-unsaturated/α-hetero) is 1. The van der Waals surface area contributed by atoms with Crippen molar-refractivity contribution in [3.05, 3.63) is 36.2 Å². The molecule has 1 fully saturated rings. The van der Waals surface area contributed by atoms with Crippen molar-refractivity contribution in [3.63, 3.8) is 0 Å². The molecule has 0 spiro atoms. The second kappa shape index (κ2) is 5.51. The molecule has 2 aromatic heterocycles. The Morgan fingerprint density at radius 1 is 1.43 bits per heavy atom. The van der Waals surface area contributed by atoms with Crippen molar-refractivity contribution in [2.45, 2.75) is 18.8 Å². The fraction of sp³-hybridized carbons (Fsp3) is 0.429. The molecule has 1 aliphatic heterocycles. The zero-order valence-corrected chi connectivity index (χ0v) is 11.8. The van der Waals surface area contributed by atoms with E-state index in [0.29, 0.717) is 18.8 Å². The predicted octanol–water partition coefficient (Wildman–Crippen LogP) is 0.732. The highest BCUT2D eigenvalue weighted by Crippen LogP contribution is 2.24. The molecule has 3 heterocycles. The van der Waals surface area contributed by atoms with E-state index < -0.39 is 11.7 Å². The number of aromatic amines is 1. The first-order valence-corrected chi connectivity index (χ1v) is 6.97. The second-order valence-electron chi connectivity index (χ2n) is 5.29. The number of aryl methyl sites for hydroxylation is 1. The molecule has 2 aromatic rings. The lowest BCUT2D eigenvalue weighted by Gasteiger charge is -2.31. The van der Waals surface area contributed by atoms with Gasteiger partial charge in [0.2, 0.25) is 0 Å². The maximum Gasteiger partial charge on any atom is 0.296 e. The van der Waals surface area contributed by atoms with Crippen molar-refractivity contribution in [2.24, 2.45) is 7.05 Å². The third-order valence-corrected chi connectivity index (χ3v) is 3.90. The maximum atomic E-state index is 12.4. The zero-order valence-electron chi connectivity index (χ0n) is 11.8. The summed E-state index contributed by atoms with van der Waals surface area (Å²) in [6.07, 6.45) is 5.02. The highest BCUT2D eigenvalue weighted by molar-refractivity contribution is 6.42. The molecule has 1 N–H and O–H groups in total. The summed E-state index contributed by atoms with van der Waals surface area (Å²) in [5.41, 5.74) is 0.418. The average Bonchev–Trinajstić information content (AvgIpc) is 3.17. The monoisotopic (exact) mass is 287 g/mol. The molecule has 1 unspecified atom stereocenters. The maximum absolute atomic E-state index is 12.4. The van der Waals surface area contributed by atoms with Gasteiger partial charge in [0.1, 0.15) is 12.2 Å². The van der Waals surface area contributed by atoms with Crippen LogP contribution in [0.15, 0.2) is 24.7 Å². The Morgan fingerprint density at radius 3 is 2.95 bits per heavy atom. The molecule has 0 aromatic carbocycles. The quantitative estimate of drug-likeness (QED) is 0.666. The van der Waals surface area contributed by atoms with Gasteiger partial charge >= 0.3 is 0 Å². The summed E-state index contributed by atoms with van der Waals surface area (Å²) in [6.45, 7) is 1.11. The number of hydrogen-bond acceptors (Lipinski definition) is 4. The van der Waals surface area contributed by atoms with Gasteiger partial charge in [0.15, 0.2) is 0 Å². The SMILES string of the molecule is Cn1cccc1C(=O)C(=O)N1CCCC(c2ncn[nH]2)C1. The minimum absolute atomic E-state index is 0.117. The molecule has 110 valence electrons. The Labute approximate surface area is 122 Å². The number of amides is 1. The molecular formula is C14H17N5O2. The number of piperidine rings is 1. The third kappa shape index (κ3) is 2.58. The van der Waals surface area contributed by atoms with Crippen molar-refractivity contribution < 1.29 is 9.59 Å². The average molecular weight is 287 g/mol. The van der Waals surface area contributed by atoms with Gasteiger partial charge in [-0.3, -0.25) is 14.7 Å². The van der Waals surface area contributed by atoms with Crippen molar-refractivity contribution in [1.29, 1.82) is 0 Å². The van der Waals surface area contributed by atoms with E-state index in [1.165, 1.54) is 6.33 Å². The molecule has 0 radical (unpaired) electrons. The van der Waals surface area contributed by atoms with E-state index in [2.05, 4.69) is 15.2 Å². The zero-order chi connectivity index (χ0) is 14.8. The van der Waals surface area contributed by atoms with Gasteiger partial charge in [-0.2, -0.15) is 5.10 Å². The molecule has 1 saturated heterocycles. The van der Waals surface area contributed by atoms with Crippen molar-refractivity contribution in [2.75, 3.05) is 13.1 Å². The number of ketones is 1. The number of hydrogen-bond donors (Lipinski definition) is 1. The normalized spacial score (nSPS) is 18.7. The van der Waals surface area contributed by atoms with Crippen LogP contribution in [0, 0.1) is 0 Å². The first-order valence-electron chi connectivity index (χ1n) is 6.97. The van der Waals surface area contributed by atoms with Gasteiger partial charge in [0.25, 0.3) is 11.7 Å². The van der Waals surface area contributed by atoms with E-state index in [4.69, 9.17) is 0 Å². The summed E-state index contributed by atoms with van der Waals surface area (Å²) >= 11 is 0. The predicted molar refractivity (Wildman–Crippen MR) is 74.7 cm³/mol. The lowest BCUT2D eigenvalue weighted by atomic mass is 9.97. The van der Waals surface area contributed by atoms with Crippen LogP contribution in [-0.4, -0.2) is 49.4 Å². The summed E-state index contributed by atoms with van der Waals surface area (Å²) < 4.78 is 1.66. The molecule has 1 atom stereocenters. The van der Waals surface area contributed by atoms with E-state index in [9.17, 15) is 9.59 Å². The molecular weight excluding hydrogens is 270 g/mol. The number of nitrogens with zero attached hydrogens (tertiary/aromatic N) is 4. The van der Waals surface area contributed by atoms with E-state index in [0.717, 1.165) is 18.7 Å². The largest absolute Gasteiger partial charge is 0.348 e.